The number of anilines is 1. The van der Waals surface area contributed by atoms with Crippen LogP contribution >= 0.6 is 0 Å². The third kappa shape index (κ3) is 5.14. The van der Waals surface area contributed by atoms with Crippen molar-refractivity contribution in [3.05, 3.63) is 101 Å². The fourth-order valence-electron chi connectivity index (χ4n) is 5.28. The Morgan fingerprint density at radius 2 is 1.68 bits per heavy atom. The Labute approximate surface area is 214 Å². The highest BCUT2D eigenvalue weighted by molar-refractivity contribution is 6.11. The van der Waals surface area contributed by atoms with Crippen LogP contribution in [0.1, 0.15) is 45.6 Å². The summed E-state index contributed by atoms with van der Waals surface area (Å²) in [5.41, 5.74) is 4.11. The fraction of sp³-hybridized carbons (Fsp3) is 0.300. The van der Waals surface area contributed by atoms with E-state index < -0.39 is 17.6 Å². The Morgan fingerprint density at radius 1 is 0.973 bits per heavy atom. The van der Waals surface area contributed by atoms with Crippen molar-refractivity contribution >= 4 is 22.5 Å². The smallest absolute Gasteiger partial charge is 0.357 e. The molecule has 2 heterocycles. The van der Waals surface area contributed by atoms with Crippen LogP contribution < -0.4 is 4.90 Å². The van der Waals surface area contributed by atoms with Crippen molar-refractivity contribution in [2.75, 3.05) is 18.0 Å². The summed E-state index contributed by atoms with van der Waals surface area (Å²) in [5, 5.41) is 1.01. The van der Waals surface area contributed by atoms with Gasteiger partial charge in [0.15, 0.2) is 0 Å². The molecule has 0 radical (unpaired) electrons. The number of halogens is 3. The number of alkyl halides is 3. The highest BCUT2D eigenvalue weighted by Crippen LogP contribution is 2.35. The van der Waals surface area contributed by atoms with E-state index in [0.29, 0.717) is 5.69 Å². The summed E-state index contributed by atoms with van der Waals surface area (Å²) in [6, 6.07) is 20.7. The van der Waals surface area contributed by atoms with E-state index in [2.05, 4.69) is 22.0 Å². The number of carbonyl (C=O) groups is 1. The lowest BCUT2D eigenvalue weighted by atomic mass is 9.99. The van der Waals surface area contributed by atoms with Crippen LogP contribution in [0.2, 0.25) is 0 Å². The quantitative estimate of drug-likeness (QED) is 0.314. The van der Waals surface area contributed by atoms with Gasteiger partial charge in [-0.25, -0.2) is 0 Å². The van der Waals surface area contributed by atoms with E-state index in [1.807, 2.05) is 50.2 Å². The fourth-order valence-corrected chi connectivity index (χ4v) is 5.28. The second-order valence-electron chi connectivity index (χ2n) is 9.82. The molecule has 5 rings (SSSR count). The molecule has 37 heavy (non-hydrogen) atoms. The summed E-state index contributed by atoms with van der Waals surface area (Å²) >= 11 is 0. The summed E-state index contributed by atoms with van der Waals surface area (Å²) in [4.78, 5) is 21.5. The molecule has 1 saturated heterocycles. The number of aryl methyl sites for hydroxylation is 2. The normalized spacial score (nSPS) is 15.3. The number of fused-ring (bicyclic) bond motifs is 1. The molecule has 0 atom stereocenters. The van der Waals surface area contributed by atoms with Gasteiger partial charge in [-0.05, 0) is 62.1 Å². The largest absolute Gasteiger partial charge is 0.416 e. The van der Waals surface area contributed by atoms with E-state index in [-0.39, 0.29) is 11.6 Å². The molecular formula is C30H30F3N3O. The van der Waals surface area contributed by atoms with Gasteiger partial charge in [0, 0.05) is 42.3 Å². The molecule has 3 aromatic carbocycles. The molecule has 0 spiro atoms. The number of carbonyl (C=O) groups excluding carboxylic acids is 1. The van der Waals surface area contributed by atoms with Crippen LogP contribution in [0.4, 0.5) is 18.9 Å². The van der Waals surface area contributed by atoms with Crippen LogP contribution in [0.15, 0.2) is 72.8 Å². The minimum atomic E-state index is -4.52. The van der Waals surface area contributed by atoms with Gasteiger partial charge < -0.3 is 9.88 Å². The summed E-state index contributed by atoms with van der Waals surface area (Å²) in [7, 11) is 0. The van der Waals surface area contributed by atoms with Gasteiger partial charge in [-0.3, -0.25) is 9.69 Å². The van der Waals surface area contributed by atoms with E-state index in [1.165, 1.54) is 17.7 Å². The molecule has 1 N–H and O–H groups in total. The van der Waals surface area contributed by atoms with Crippen LogP contribution in [0.5, 0.6) is 0 Å². The Bertz CT molecular complexity index is 1400. The lowest BCUT2D eigenvalue weighted by molar-refractivity contribution is -0.137. The molecule has 1 aromatic heterocycles. The van der Waals surface area contributed by atoms with Crippen molar-refractivity contribution in [3.8, 4) is 0 Å². The number of likely N-dealkylation sites (tertiary alicyclic amines) is 1. The molecule has 0 aliphatic carbocycles. The molecule has 1 aliphatic rings. The third-order valence-electron chi connectivity index (χ3n) is 7.41. The highest BCUT2D eigenvalue weighted by Gasteiger charge is 2.34. The number of hydrogen-bond acceptors (Lipinski definition) is 2. The Hall–Kier alpha value is -3.58. The van der Waals surface area contributed by atoms with E-state index in [4.69, 9.17) is 0 Å². The van der Waals surface area contributed by atoms with Gasteiger partial charge >= 0.3 is 6.18 Å². The first-order valence-corrected chi connectivity index (χ1v) is 12.6. The summed E-state index contributed by atoms with van der Waals surface area (Å²) in [5.74, 6) is -0.412. The molecule has 0 saturated carbocycles. The van der Waals surface area contributed by atoms with Crippen LogP contribution in [0, 0.1) is 13.8 Å². The molecule has 1 aliphatic heterocycles. The van der Waals surface area contributed by atoms with Crippen molar-refractivity contribution in [3.63, 3.8) is 0 Å². The Balaban J connectivity index is 1.49. The Kier molecular flexibility index (Phi) is 6.82. The number of rotatable bonds is 5. The first-order valence-electron chi connectivity index (χ1n) is 12.6. The number of benzene rings is 3. The second-order valence-corrected chi connectivity index (χ2v) is 9.82. The van der Waals surface area contributed by atoms with Crippen LogP contribution in [0.3, 0.4) is 0 Å². The van der Waals surface area contributed by atoms with E-state index >= 15 is 0 Å². The van der Waals surface area contributed by atoms with Crippen molar-refractivity contribution in [1.29, 1.82) is 0 Å². The number of para-hydroxylation sites is 1. The maximum absolute atomic E-state index is 14.0. The molecule has 4 nitrogen and oxygen atoms in total. The van der Waals surface area contributed by atoms with Crippen molar-refractivity contribution < 1.29 is 18.0 Å². The average molecular weight is 506 g/mol. The maximum atomic E-state index is 14.0. The minimum absolute atomic E-state index is 0.0403. The lowest BCUT2D eigenvalue weighted by Gasteiger charge is -2.39. The van der Waals surface area contributed by atoms with Gasteiger partial charge in [0.25, 0.3) is 5.91 Å². The number of H-pyrrole nitrogens is 1. The zero-order valence-electron chi connectivity index (χ0n) is 21.0. The van der Waals surface area contributed by atoms with Crippen molar-refractivity contribution in [2.24, 2.45) is 0 Å². The molecule has 1 amide bonds. The van der Waals surface area contributed by atoms with Crippen LogP contribution in [-0.2, 0) is 12.7 Å². The molecule has 0 unspecified atom stereocenters. The van der Waals surface area contributed by atoms with Crippen LogP contribution in [-0.4, -0.2) is 34.9 Å². The van der Waals surface area contributed by atoms with E-state index in [0.717, 1.165) is 66.8 Å². The first kappa shape index (κ1) is 25.1. The topological polar surface area (TPSA) is 39.3 Å². The van der Waals surface area contributed by atoms with Gasteiger partial charge in [0.05, 0.1) is 16.8 Å². The van der Waals surface area contributed by atoms with Crippen molar-refractivity contribution in [2.45, 2.75) is 45.5 Å². The number of hydrogen-bond donors (Lipinski definition) is 1. The lowest BCUT2D eigenvalue weighted by Crippen LogP contribution is -2.47. The number of nitrogens with one attached hydrogen (secondary N) is 1. The zero-order chi connectivity index (χ0) is 26.2. The molecular weight excluding hydrogens is 475 g/mol. The average Bonchev–Trinajstić information content (AvgIpc) is 3.19. The van der Waals surface area contributed by atoms with Gasteiger partial charge in [0.2, 0.25) is 0 Å². The summed E-state index contributed by atoms with van der Waals surface area (Å²) in [6.45, 7) is 6.44. The zero-order valence-corrected chi connectivity index (χ0v) is 21.0. The number of amides is 1. The standard InChI is InChI=1S/C30H30F3N3O/c1-20-21(2)34-28-26(20)12-7-13-27(28)36(29(37)23-10-6-11-24(18-23)30(31,32)33)25-14-16-35(17-15-25)19-22-8-4-3-5-9-22/h3-13,18,25,34H,14-17,19H2,1-2H3. The van der Waals surface area contributed by atoms with Gasteiger partial charge in [-0.15, -0.1) is 0 Å². The first-order chi connectivity index (χ1) is 17.7. The summed E-state index contributed by atoms with van der Waals surface area (Å²) in [6.07, 6.45) is -3.06. The maximum Gasteiger partial charge on any atom is 0.416 e. The molecule has 0 bridgehead atoms. The van der Waals surface area contributed by atoms with E-state index in [9.17, 15) is 18.0 Å². The number of piperidine rings is 1. The predicted molar refractivity (Wildman–Crippen MR) is 141 cm³/mol. The molecule has 7 heteroatoms. The van der Waals surface area contributed by atoms with E-state index in [1.54, 1.807) is 4.90 Å². The minimum Gasteiger partial charge on any atom is -0.357 e. The van der Waals surface area contributed by atoms with Gasteiger partial charge in [0.1, 0.15) is 0 Å². The molecule has 192 valence electrons. The number of aromatic amines is 1. The van der Waals surface area contributed by atoms with Gasteiger partial charge in [-0.1, -0.05) is 48.5 Å². The Morgan fingerprint density at radius 3 is 2.38 bits per heavy atom. The monoisotopic (exact) mass is 505 g/mol. The molecule has 4 aromatic rings. The summed E-state index contributed by atoms with van der Waals surface area (Å²) < 4.78 is 40.4. The SMILES string of the molecule is Cc1[nH]c2c(N(C(=O)c3cccc(C(F)(F)F)c3)C3CCN(Cc4ccccc4)CC3)cccc2c1C. The van der Waals surface area contributed by atoms with Crippen molar-refractivity contribution in [1.82, 2.24) is 9.88 Å². The van der Waals surface area contributed by atoms with Crippen LogP contribution in [0.25, 0.3) is 10.9 Å². The predicted octanol–water partition coefficient (Wildman–Crippen LogP) is 7.11. The third-order valence-corrected chi connectivity index (χ3v) is 7.41. The van der Waals surface area contributed by atoms with Gasteiger partial charge in [-0.2, -0.15) is 13.2 Å². The molecule has 1 fully saturated rings. The second kappa shape index (κ2) is 10.1. The number of aromatic nitrogens is 1. The highest BCUT2D eigenvalue weighted by atomic mass is 19.4. The number of nitrogens with zero attached hydrogens (tertiary/aromatic N) is 2.